The van der Waals surface area contributed by atoms with Crippen LogP contribution in [-0.2, 0) is 4.43 Å². The summed E-state index contributed by atoms with van der Waals surface area (Å²) in [7, 11) is -1.55. The van der Waals surface area contributed by atoms with Crippen molar-refractivity contribution in [3.8, 4) is 0 Å². The molecule has 0 amide bonds. The minimum Gasteiger partial charge on any atom is -0.417 e. The highest BCUT2D eigenvalue weighted by Crippen LogP contribution is 2.37. The van der Waals surface area contributed by atoms with Gasteiger partial charge in [-0.1, -0.05) is 32.9 Å². The van der Waals surface area contributed by atoms with Crippen LogP contribution in [0.25, 0.3) is 0 Å². The SMILES string of the molecule is CC(C)(C)[Si](C)(C)OCC1C[C@H]2C=C[C@@H](C1)N2. The first-order valence-corrected chi connectivity index (χ1v) is 9.77. The van der Waals surface area contributed by atoms with Crippen molar-refractivity contribution in [1.82, 2.24) is 5.32 Å². The second-order valence-corrected chi connectivity index (χ2v) is 12.0. The fourth-order valence-electron chi connectivity index (χ4n) is 2.44. The summed E-state index contributed by atoms with van der Waals surface area (Å²) in [5, 5.41) is 3.92. The van der Waals surface area contributed by atoms with Crippen LogP contribution in [0.3, 0.4) is 0 Å². The minimum atomic E-state index is -1.55. The molecule has 2 bridgehead atoms. The molecular weight excluding hydrogens is 226 g/mol. The van der Waals surface area contributed by atoms with Crippen LogP contribution in [-0.4, -0.2) is 27.0 Å². The van der Waals surface area contributed by atoms with E-state index in [1.165, 1.54) is 12.8 Å². The van der Waals surface area contributed by atoms with Gasteiger partial charge in [0.25, 0.3) is 0 Å². The molecule has 98 valence electrons. The minimum absolute atomic E-state index is 0.331. The van der Waals surface area contributed by atoms with E-state index in [1.54, 1.807) is 0 Å². The van der Waals surface area contributed by atoms with Crippen molar-refractivity contribution in [3.05, 3.63) is 12.2 Å². The summed E-state index contributed by atoms with van der Waals surface area (Å²) in [4.78, 5) is 0. The van der Waals surface area contributed by atoms with Crippen LogP contribution >= 0.6 is 0 Å². The Bertz CT molecular complexity index is 292. The van der Waals surface area contributed by atoms with Crippen molar-refractivity contribution in [2.24, 2.45) is 5.92 Å². The predicted octanol–water partition coefficient (Wildman–Crippen LogP) is 3.31. The van der Waals surface area contributed by atoms with Gasteiger partial charge in [-0.2, -0.15) is 0 Å². The lowest BCUT2D eigenvalue weighted by Crippen LogP contribution is -2.45. The van der Waals surface area contributed by atoms with Gasteiger partial charge < -0.3 is 9.74 Å². The molecular formula is C14H27NOSi. The van der Waals surface area contributed by atoms with Crippen LogP contribution < -0.4 is 5.32 Å². The average molecular weight is 253 g/mol. The molecule has 3 heteroatoms. The highest BCUT2D eigenvalue weighted by molar-refractivity contribution is 6.74. The van der Waals surface area contributed by atoms with Crippen molar-refractivity contribution in [1.29, 1.82) is 0 Å². The molecule has 17 heavy (non-hydrogen) atoms. The Kier molecular flexibility index (Phi) is 3.54. The lowest BCUT2D eigenvalue weighted by Gasteiger charge is -2.38. The summed E-state index contributed by atoms with van der Waals surface area (Å²) in [6, 6.07) is 1.23. The molecule has 1 fully saturated rings. The van der Waals surface area contributed by atoms with Crippen molar-refractivity contribution in [2.75, 3.05) is 6.61 Å². The van der Waals surface area contributed by atoms with Gasteiger partial charge in [0.05, 0.1) is 0 Å². The molecule has 2 rings (SSSR count). The number of hydrogen-bond donors (Lipinski definition) is 1. The summed E-state index contributed by atoms with van der Waals surface area (Å²) >= 11 is 0. The van der Waals surface area contributed by atoms with Crippen molar-refractivity contribution >= 4 is 8.32 Å². The number of piperidine rings is 1. The van der Waals surface area contributed by atoms with E-state index in [9.17, 15) is 0 Å². The molecule has 3 atom stereocenters. The first-order valence-electron chi connectivity index (χ1n) is 6.86. The van der Waals surface area contributed by atoms with Crippen molar-refractivity contribution in [3.63, 3.8) is 0 Å². The second-order valence-electron chi connectivity index (χ2n) is 7.17. The monoisotopic (exact) mass is 253 g/mol. The quantitative estimate of drug-likeness (QED) is 0.615. The summed E-state index contributed by atoms with van der Waals surface area (Å²) in [6.07, 6.45) is 7.16. The topological polar surface area (TPSA) is 21.3 Å². The fraction of sp³-hybridized carbons (Fsp3) is 0.857. The van der Waals surface area contributed by atoms with Crippen LogP contribution in [0.5, 0.6) is 0 Å². The highest BCUT2D eigenvalue weighted by Gasteiger charge is 2.38. The third-order valence-electron chi connectivity index (χ3n) is 4.66. The van der Waals surface area contributed by atoms with Crippen LogP contribution in [0.2, 0.25) is 18.1 Å². The van der Waals surface area contributed by atoms with E-state index < -0.39 is 8.32 Å². The Labute approximate surface area is 107 Å². The van der Waals surface area contributed by atoms with E-state index in [0.29, 0.717) is 17.1 Å². The fourth-order valence-corrected chi connectivity index (χ4v) is 3.53. The molecule has 1 saturated heterocycles. The number of nitrogens with one attached hydrogen (secondary N) is 1. The molecule has 0 aromatic carbocycles. The Morgan fingerprint density at radius 1 is 1.18 bits per heavy atom. The van der Waals surface area contributed by atoms with Gasteiger partial charge >= 0.3 is 0 Å². The first-order chi connectivity index (χ1) is 7.78. The Hall–Kier alpha value is -0.123. The summed E-state index contributed by atoms with van der Waals surface area (Å²) in [6.45, 7) is 12.6. The van der Waals surface area contributed by atoms with Crippen molar-refractivity contribution < 1.29 is 4.43 Å². The molecule has 1 N–H and O–H groups in total. The van der Waals surface area contributed by atoms with Crippen LogP contribution in [0, 0.1) is 5.92 Å². The number of hydrogen-bond acceptors (Lipinski definition) is 2. The van der Waals surface area contributed by atoms with Gasteiger partial charge in [0.1, 0.15) is 0 Å². The summed E-state index contributed by atoms with van der Waals surface area (Å²) < 4.78 is 6.34. The largest absolute Gasteiger partial charge is 0.417 e. The first kappa shape index (κ1) is 13.3. The van der Waals surface area contributed by atoms with E-state index >= 15 is 0 Å². The zero-order valence-electron chi connectivity index (χ0n) is 11.9. The summed E-state index contributed by atoms with van der Waals surface area (Å²) in [5.74, 6) is 0.746. The maximum atomic E-state index is 6.34. The molecule has 2 nitrogen and oxygen atoms in total. The maximum Gasteiger partial charge on any atom is 0.191 e. The predicted molar refractivity (Wildman–Crippen MR) is 75.7 cm³/mol. The van der Waals surface area contributed by atoms with Gasteiger partial charge in [-0.15, -0.1) is 0 Å². The van der Waals surface area contributed by atoms with Crippen LogP contribution in [0.15, 0.2) is 12.2 Å². The van der Waals surface area contributed by atoms with Gasteiger partial charge in [-0.25, -0.2) is 0 Å². The zero-order chi connectivity index (χ0) is 12.7. The van der Waals surface area contributed by atoms with Crippen LogP contribution in [0.1, 0.15) is 33.6 Å². The number of rotatable bonds is 3. The lowest BCUT2D eigenvalue weighted by atomic mass is 9.93. The van der Waals surface area contributed by atoms with E-state index in [2.05, 4.69) is 51.3 Å². The third-order valence-corrected chi connectivity index (χ3v) is 9.17. The molecule has 0 aliphatic carbocycles. The standard InChI is InChI=1S/C14H27NOSi/c1-14(2,3)17(4,5)16-10-11-8-12-6-7-13(9-11)15-12/h6-7,11-13,15H,8-10H2,1-5H3/t11?,12-,13+. The van der Waals surface area contributed by atoms with Gasteiger partial charge in [0, 0.05) is 18.7 Å². The van der Waals surface area contributed by atoms with E-state index in [1.807, 2.05) is 0 Å². The molecule has 2 aliphatic rings. The summed E-state index contributed by atoms with van der Waals surface area (Å²) in [5.41, 5.74) is 0. The van der Waals surface area contributed by atoms with E-state index in [0.717, 1.165) is 12.5 Å². The number of fused-ring (bicyclic) bond motifs is 2. The van der Waals surface area contributed by atoms with E-state index in [4.69, 9.17) is 4.43 Å². The van der Waals surface area contributed by atoms with Gasteiger partial charge in [0.2, 0.25) is 0 Å². The Balaban J connectivity index is 1.83. The van der Waals surface area contributed by atoms with E-state index in [-0.39, 0.29) is 0 Å². The van der Waals surface area contributed by atoms with Gasteiger partial charge in [0.15, 0.2) is 8.32 Å². The average Bonchev–Trinajstić information content (AvgIpc) is 2.54. The maximum absolute atomic E-state index is 6.34. The van der Waals surface area contributed by atoms with Crippen molar-refractivity contribution in [2.45, 2.75) is 63.8 Å². The Morgan fingerprint density at radius 3 is 2.18 bits per heavy atom. The molecule has 0 radical (unpaired) electrons. The van der Waals surface area contributed by atoms with Gasteiger partial charge in [-0.05, 0) is 36.9 Å². The molecule has 0 aromatic heterocycles. The highest BCUT2D eigenvalue weighted by atomic mass is 28.4. The molecule has 1 unspecified atom stereocenters. The molecule has 2 heterocycles. The Morgan fingerprint density at radius 2 is 1.71 bits per heavy atom. The lowest BCUT2D eigenvalue weighted by molar-refractivity contribution is 0.182. The second kappa shape index (κ2) is 4.52. The molecule has 0 saturated carbocycles. The molecule has 0 spiro atoms. The third kappa shape index (κ3) is 3.01. The smallest absolute Gasteiger partial charge is 0.191 e. The molecule has 2 aliphatic heterocycles. The molecule has 0 aromatic rings. The zero-order valence-corrected chi connectivity index (χ0v) is 12.9. The van der Waals surface area contributed by atoms with Gasteiger partial charge in [-0.3, -0.25) is 0 Å². The van der Waals surface area contributed by atoms with Crippen LogP contribution in [0.4, 0.5) is 0 Å². The normalized spacial score (nSPS) is 33.1.